The number of anilines is 1. The lowest BCUT2D eigenvalue weighted by Crippen LogP contribution is -2.13. The van der Waals surface area contributed by atoms with Crippen molar-refractivity contribution < 1.29 is 14.3 Å². The third kappa shape index (κ3) is 4.02. The highest BCUT2D eigenvalue weighted by Crippen LogP contribution is 2.21. The zero-order chi connectivity index (χ0) is 15.2. The second-order valence-electron chi connectivity index (χ2n) is 4.00. The lowest BCUT2D eigenvalue weighted by molar-refractivity contribution is 0.102. The van der Waals surface area contributed by atoms with Crippen LogP contribution in [0.5, 0.6) is 0 Å². The molecule has 21 heavy (non-hydrogen) atoms. The van der Waals surface area contributed by atoms with Crippen LogP contribution in [-0.4, -0.2) is 22.6 Å². The SMILES string of the molecule is O=C(Nc1cc(Cl)ccc1C#CCO)c1cncc(F)c1. The second-order valence-corrected chi connectivity index (χ2v) is 4.43. The number of carbonyl (C=O) groups is 1. The first-order valence-electron chi connectivity index (χ1n) is 5.91. The number of rotatable bonds is 2. The van der Waals surface area contributed by atoms with Crippen molar-refractivity contribution >= 4 is 23.2 Å². The van der Waals surface area contributed by atoms with Gasteiger partial charge < -0.3 is 10.4 Å². The number of amides is 1. The zero-order valence-corrected chi connectivity index (χ0v) is 11.5. The van der Waals surface area contributed by atoms with Crippen molar-refractivity contribution in [3.8, 4) is 11.8 Å². The average Bonchev–Trinajstić information content (AvgIpc) is 2.46. The van der Waals surface area contributed by atoms with Gasteiger partial charge in [0.05, 0.1) is 17.4 Å². The molecule has 2 rings (SSSR count). The summed E-state index contributed by atoms with van der Waals surface area (Å²) in [6.07, 6.45) is 2.26. The van der Waals surface area contributed by atoms with E-state index in [1.54, 1.807) is 12.1 Å². The van der Waals surface area contributed by atoms with Crippen molar-refractivity contribution in [3.63, 3.8) is 0 Å². The molecule has 0 bridgehead atoms. The van der Waals surface area contributed by atoms with Gasteiger partial charge in [-0.05, 0) is 24.3 Å². The van der Waals surface area contributed by atoms with E-state index in [1.807, 2.05) is 0 Å². The first-order valence-corrected chi connectivity index (χ1v) is 6.29. The summed E-state index contributed by atoms with van der Waals surface area (Å²) >= 11 is 5.88. The van der Waals surface area contributed by atoms with Gasteiger partial charge in [-0.15, -0.1) is 0 Å². The van der Waals surface area contributed by atoms with Gasteiger partial charge in [0.15, 0.2) is 0 Å². The van der Waals surface area contributed by atoms with Gasteiger partial charge in [-0.2, -0.15) is 0 Å². The van der Waals surface area contributed by atoms with Crippen molar-refractivity contribution in [2.75, 3.05) is 11.9 Å². The first kappa shape index (κ1) is 15.0. The van der Waals surface area contributed by atoms with Crippen molar-refractivity contribution in [1.82, 2.24) is 4.98 Å². The summed E-state index contributed by atoms with van der Waals surface area (Å²) < 4.78 is 13.1. The number of nitrogens with zero attached hydrogens (tertiary/aromatic N) is 1. The van der Waals surface area contributed by atoms with Crippen LogP contribution < -0.4 is 5.32 Å². The monoisotopic (exact) mass is 304 g/mol. The van der Waals surface area contributed by atoms with E-state index in [0.717, 1.165) is 12.3 Å². The van der Waals surface area contributed by atoms with Crippen molar-refractivity contribution in [2.45, 2.75) is 0 Å². The molecule has 0 saturated heterocycles. The Bertz CT molecular complexity index is 738. The number of hydrogen-bond acceptors (Lipinski definition) is 3. The summed E-state index contributed by atoms with van der Waals surface area (Å²) in [5, 5.41) is 11.7. The maximum atomic E-state index is 13.1. The van der Waals surface area contributed by atoms with Crippen molar-refractivity contribution in [2.24, 2.45) is 0 Å². The van der Waals surface area contributed by atoms with Gasteiger partial charge in [0.1, 0.15) is 12.4 Å². The average molecular weight is 305 g/mol. The van der Waals surface area contributed by atoms with E-state index in [2.05, 4.69) is 22.1 Å². The molecule has 0 atom stereocenters. The topological polar surface area (TPSA) is 62.2 Å². The molecule has 6 heteroatoms. The maximum absolute atomic E-state index is 13.1. The molecule has 0 aliphatic rings. The van der Waals surface area contributed by atoms with Gasteiger partial charge in [-0.3, -0.25) is 9.78 Å². The normalized spacial score (nSPS) is 9.67. The van der Waals surface area contributed by atoms with Crippen LogP contribution in [0.15, 0.2) is 36.7 Å². The lowest BCUT2D eigenvalue weighted by Gasteiger charge is -2.08. The van der Waals surface area contributed by atoms with Crippen LogP contribution in [0, 0.1) is 17.7 Å². The van der Waals surface area contributed by atoms with Gasteiger partial charge in [-0.25, -0.2) is 4.39 Å². The van der Waals surface area contributed by atoms with Crippen molar-refractivity contribution in [3.05, 3.63) is 58.6 Å². The minimum atomic E-state index is -0.603. The molecule has 1 amide bonds. The Morgan fingerprint density at radius 3 is 2.90 bits per heavy atom. The minimum Gasteiger partial charge on any atom is -0.384 e. The third-order valence-electron chi connectivity index (χ3n) is 2.50. The van der Waals surface area contributed by atoms with Gasteiger partial charge in [-0.1, -0.05) is 23.4 Å². The number of pyridine rings is 1. The van der Waals surface area contributed by atoms with Gasteiger partial charge in [0.2, 0.25) is 0 Å². The highest BCUT2D eigenvalue weighted by molar-refractivity contribution is 6.31. The first-order chi connectivity index (χ1) is 10.1. The molecule has 0 fully saturated rings. The van der Waals surface area contributed by atoms with Gasteiger partial charge >= 0.3 is 0 Å². The summed E-state index contributed by atoms with van der Waals surface area (Å²) in [6, 6.07) is 5.83. The molecule has 106 valence electrons. The molecule has 0 aliphatic heterocycles. The standard InChI is InChI=1S/C15H10ClFN2O2/c16-12-4-3-10(2-1-5-20)14(7-12)19-15(21)11-6-13(17)9-18-8-11/h3-4,6-9,20H,5H2,(H,19,21). The number of aliphatic hydroxyl groups excluding tert-OH is 1. The molecule has 1 aromatic heterocycles. The van der Waals surface area contributed by atoms with E-state index in [-0.39, 0.29) is 12.2 Å². The van der Waals surface area contributed by atoms with Crippen LogP contribution >= 0.6 is 11.6 Å². The van der Waals surface area contributed by atoms with E-state index in [0.29, 0.717) is 16.3 Å². The van der Waals surface area contributed by atoms with E-state index in [9.17, 15) is 9.18 Å². The number of aliphatic hydroxyl groups is 1. The summed E-state index contributed by atoms with van der Waals surface area (Å²) in [6.45, 7) is -0.302. The van der Waals surface area contributed by atoms with Crippen LogP contribution in [0.25, 0.3) is 0 Å². The molecule has 0 unspecified atom stereocenters. The second kappa shape index (κ2) is 6.84. The van der Waals surface area contributed by atoms with E-state index < -0.39 is 11.7 Å². The van der Waals surface area contributed by atoms with Crippen LogP contribution in [0.4, 0.5) is 10.1 Å². The van der Waals surface area contributed by atoms with Crippen LogP contribution in [0.1, 0.15) is 15.9 Å². The Hall–Kier alpha value is -2.42. The number of carbonyl (C=O) groups excluding carboxylic acids is 1. The molecule has 0 aliphatic carbocycles. The molecular formula is C15H10ClFN2O2. The Labute approximate surface area is 125 Å². The van der Waals surface area contributed by atoms with Crippen LogP contribution in [0.2, 0.25) is 5.02 Å². The zero-order valence-electron chi connectivity index (χ0n) is 10.7. The molecule has 1 aromatic carbocycles. The fourth-order valence-corrected chi connectivity index (χ4v) is 1.77. The summed E-state index contributed by atoms with van der Waals surface area (Å²) in [5.74, 6) is 4.05. The van der Waals surface area contributed by atoms with Crippen molar-refractivity contribution in [1.29, 1.82) is 0 Å². The maximum Gasteiger partial charge on any atom is 0.257 e. The highest BCUT2D eigenvalue weighted by Gasteiger charge is 2.10. The fraction of sp³-hybridized carbons (Fsp3) is 0.0667. The Morgan fingerprint density at radius 1 is 1.38 bits per heavy atom. The molecule has 0 radical (unpaired) electrons. The molecule has 0 saturated carbocycles. The van der Waals surface area contributed by atoms with E-state index >= 15 is 0 Å². The predicted molar refractivity (Wildman–Crippen MR) is 77.6 cm³/mol. The molecule has 2 N–H and O–H groups in total. The van der Waals surface area contributed by atoms with Crippen LogP contribution in [-0.2, 0) is 0 Å². The third-order valence-corrected chi connectivity index (χ3v) is 2.73. The Kier molecular flexibility index (Phi) is 4.88. The number of halogens is 2. The summed E-state index contributed by atoms with van der Waals surface area (Å²) in [4.78, 5) is 15.7. The molecular weight excluding hydrogens is 295 g/mol. The van der Waals surface area contributed by atoms with Crippen LogP contribution in [0.3, 0.4) is 0 Å². The van der Waals surface area contributed by atoms with Gasteiger partial charge in [0.25, 0.3) is 5.91 Å². The van der Waals surface area contributed by atoms with E-state index in [1.165, 1.54) is 12.3 Å². The van der Waals surface area contributed by atoms with E-state index in [4.69, 9.17) is 16.7 Å². The fourth-order valence-electron chi connectivity index (χ4n) is 1.59. The molecule has 2 aromatic rings. The summed E-state index contributed by atoms with van der Waals surface area (Å²) in [5.41, 5.74) is 0.944. The molecule has 0 spiro atoms. The summed E-state index contributed by atoms with van der Waals surface area (Å²) in [7, 11) is 0. The molecule has 1 heterocycles. The number of benzene rings is 1. The lowest BCUT2D eigenvalue weighted by atomic mass is 10.1. The minimum absolute atomic E-state index is 0.0797. The molecule has 4 nitrogen and oxygen atoms in total. The Balaban J connectivity index is 2.30. The largest absolute Gasteiger partial charge is 0.384 e. The smallest absolute Gasteiger partial charge is 0.257 e. The number of nitrogens with one attached hydrogen (secondary N) is 1. The Morgan fingerprint density at radius 2 is 2.19 bits per heavy atom. The number of aromatic nitrogens is 1. The number of hydrogen-bond donors (Lipinski definition) is 2. The highest BCUT2D eigenvalue weighted by atomic mass is 35.5. The quantitative estimate of drug-likeness (QED) is 0.838. The van der Waals surface area contributed by atoms with Gasteiger partial charge in [0, 0.05) is 16.8 Å². The predicted octanol–water partition coefficient (Wildman–Crippen LogP) is 2.47.